The van der Waals surface area contributed by atoms with Gasteiger partial charge in [-0.15, -0.1) is 10.2 Å². The predicted molar refractivity (Wildman–Crippen MR) is 120 cm³/mol. The number of hydrogen-bond acceptors (Lipinski definition) is 6. The number of ether oxygens (including phenoxy) is 1. The van der Waals surface area contributed by atoms with Crippen molar-refractivity contribution in [1.29, 1.82) is 0 Å². The topological polar surface area (TPSA) is 72.3 Å². The normalized spacial score (nSPS) is 13.6. The van der Waals surface area contributed by atoms with Crippen molar-refractivity contribution in [2.24, 2.45) is 0 Å². The summed E-state index contributed by atoms with van der Waals surface area (Å²) in [6.07, 6.45) is 2.24. The summed E-state index contributed by atoms with van der Waals surface area (Å²) >= 11 is 1.29. The predicted octanol–water partition coefficient (Wildman–Crippen LogP) is 4.51. The van der Waals surface area contributed by atoms with Crippen molar-refractivity contribution >= 4 is 29.3 Å². The van der Waals surface area contributed by atoms with Crippen LogP contribution in [0.15, 0.2) is 53.7 Å². The third kappa shape index (κ3) is 5.37. The van der Waals surface area contributed by atoms with E-state index >= 15 is 0 Å². The number of nitrogens with zero attached hydrogens (tertiary/aromatic N) is 4. The number of carbonyl (C=O) groups excluding carboxylic acids is 1. The second kappa shape index (κ2) is 9.99. The SMILES string of the molecule is Cc1ccc(-n2c(SCC(=O)Nc3ccc(OC(F)F)cc3)nnc2N2CCCC2)cc1. The van der Waals surface area contributed by atoms with Gasteiger partial charge in [-0.25, -0.2) is 0 Å². The number of benzene rings is 2. The first-order valence-corrected chi connectivity index (χ1v) is 11.2. The fourth-order valence-corrected chi connectivity index (χ4v) is 4.19. The van der Waals surface area contributed by atoms with E-state index in [-0.39, 0.29) is 17.4 Å². The standard InChI is InChI=1S/C22H23F2N5O2S/c1-15-4-8-17(9-5-15)29-21(28-12-2-3-13-28)26-27-22(29)32-14-19(30)25-16-6-10-18(11-7-16)31-20(23)24/h4-11,20H,2-3,12-14H2,1H3,(H,25,30). The lowest BCUT2D eigenvalue weighted by Crippen LogP contribution is -2.22. The Kier molecular flexibility index (Phi) is 6.89. The highest BCUT2D eigenvalue weighted by Crippen LogP contribution is 2.29. The van der Waals surface area contributed by atoms with E-state index in [1.807, 2.05) is 35.8 Å². The maximum Gasteiger partial charge on any atom is 0.387 e. The lowest BCUT2D eigenvalue weighted by atomic mass is 10.2. The molecule has 1 amide bonds. The molecule has 2 heterocycles. The van der Waals surface area contributed by atoms with Gasteiger partial charge in [0.2, 0.25) is 11.9 Å². The average molecular weight is 460 g/mol. The first-order chi connectivity index (χ1) is 15.5. The van der Waals surface area contributed by atoms with Crippen LogP contribution in [0.25, 0.3) is 5.69 Å². The molecule has 10 heteroatoms. The Morgan fingerprint density at radius 2 is 1.78 bits per heavy atom. The Bertz CT molecular complexity index is 1050. The van der Waals surface area contributed by atoms with Crippen LogP contribution in [-0.4, -0.2) is 46.1 Å². The van der Waals surface area contributed by atoms with E-state index in [9.17, 15) is 13.6 Å². The molecule has 1 aliphatic heterocycles. The molecule has 1 fully saturated rings. The summed E-state index contributed by atoms with van der Waals surface area (Å²) in [5, 5.41) is 12.1. The molecule has 1 aliphatic rings. The Balaban J connectivity index is 1.45. The largest absolute Gasteiger partial charge is 0.435 e. The third-order valence-electron chi connectivity index (χ3n) is 4.99. The molecule has 0 bridgehead atoms. The minimum Gasteiger partial charge on any atom is -0.435 e. The monoisotopic (exact) mass is 459 g/mol. The van der Waals surface area contributed by atoms with Gasteiger partial charge in [-0.05, 0) is 56.2 Å². The number of rotatable bonds is 8. The number of aromatic nitrogens is 3. The average Bonchev–Trinajstić information content (AvgIpc) is 3.44. The third-order valence-corrected chi connectivity index (χ3v) is 5.92. The lowest BCUT2D eigenvalue weighted by molar-refractivity contribution is -0.113. The molecule has 32 heavy (non-hydrogen) atoms. The van der Waals surface area contributed by atoms with Crippen LogP contribution < -0.4 is 15.0 Å². The van der Waals surface area contributed by atoms with Crippen molar-refractivity contribution in [3.05, 3.63) is 54.1 Å². The van der Waals surface area contributed by atoms with E-state index in [2.05, 4.69) is 25.2 Å². The molecule has 4 rings (SSSR count). The van der Waals surface area contributed by atoms with Crippen molar-refractivity contribution < 1.29 is 18.3 Å². The van der Waals surface area contributed by atoms with Crippen molar-refractivity contribution in [3.8, 4) is 11.4 Å². The number of anilines is 2. The maximum atomic E-state index is 12.5. The molecule has 1 aromatic heterocycles. The summed E-state index contributed by atoms with van der Waals surface area (Å²) in [4.78, 5) is 14.7. The Morgan fingerprint density at radius 3 is 2.44 bits per heavy atom. The van der Waals surface area contributed by atoms with Gasteiger partial charge in [0.25, 0.3) is 0 Å². The molecule has 1 saturated heterocycles. The molecule has 2 aromatic carbocycles. The number of hydrogen-bond donors (Lipinski definition) is 1. The first kappa shape index (κ1) is 22.1. The molecular weight excluding hydrogens is 436 g/mol. The molecule has 168 valence electrons. The van der Waals surface area contributed by atoms with E-state index in [0.29, 0.717) is 10.8 Å². The smallest absolute Gasteiger partial charge is 0.387 e. The Labute approximate surface area is 188 Å². The van der Waals surface area contributed by atoms with Crippen LogP contribution in [-0.2, 0) is 4.79 Å². The van der Waals surface area contributed by atoms with Gasteiger partial charge in [-0.3, -0.25) is 9.36 Å². The van der Waals surface area contributed by atoms with E-state index < -0.39 is 6.61 Å². The van der Waals surface area contributed by atoms with Gasteiger partial charge in [0.1, 0.15) is 5.75 Å². The Hall–Kier alpha value is -3.14. The molecule has 3 aromatic rings. The second-order valence-electron chi connectivity index (χ2n) is 7.39. The van der Waals surface area contributed by atoms with E-state index in [1.54, 1.807) is 0 Å². The highest BCUT2D eigenvalue weighted by molar-refractivity contribution is 7.99. The van der Waals surface area contributed by atoms with Gasteiger partial charge >= 0.3 is 6.61 Å². The van der Waals surface area contributed by atoms with Crippen molar-refractivity contribution in [2.75, 3.05) is 29.1 Å². The number of carbonyl (C=O) groups is 1. The minimum absolute atomic E-state index is 0.0352. The molecule has 0 unspecified atom stereocenters. The van der Waals surface area contributed by atoms with Crippen molar-refractivity contribution in [3.63, 3.8) is 0 Å². The summed E-state index contributed by atoms with van der Waals surface area (Å²) in [6.45, 7) is 1.01. The van der Waals surface area contributed by atoms with E-state index in [1.165, 1.54) is 36.0 Å². The number of alkyl halides is 2. The van der Waals surface area contributed by atoms with Crippen LogP contribution in [0.1, 0.15) is 18.4 Å². The number of nitrogens with one attached hydrogen (secondary N) is 1. The van der Waals surface area contributed by atoms with Gasteiger partial charge in [-0.1, -0.05) is 29.5 Å². The second-order valence-corrected chi connectivity index (χ2v) is 8.33. The van der Waals surface area contributed by atoms with Gasteiger partial charge < -0.3 is 15.0 Å². The fraction of sp³-hybridized carbons (Fsp3) is 0.318. The lowest BCUT2D eigenvalue weighted by Gasteiger charge is -2.18. The molecule has 0 radical (unpaired) electrons. The van der Waals surface area contributed by atoms with Crippen LogP contribution in [0.3, 0.4) is 0 Å². The molecule has 0 spiro atoms. The summed E-state index contributed by atoms with van der Waals surface area (Å²) < 4.78 is 30.8. The molecule has 0 aliphatic carbocycles. The number of halogens is 2. The fourth-order valence-electron chi connectivity index (χ4n) is 3.44. The molecule has 7 nitrogen and oxygen atoms in total. The first-order valence-electron chi connectivity index (χ1n) is 10.2. The van der Waals surface area contributed by atoms with Crippen LogP contribution >= 0.6 is 11.8 Å². The quantitative estimate of drug-likeness (QED) is 0.500. The van der Waals surface area contributed by atoms with Crippen LogP contribution in [0, 0.1) is 6.92 Å². The summed E-state index contributed by atoms with van der Waals surface area (Å²) in [6, 6.07) is 13.9. The van der Waals surface area contributed by atoms with E-state index in [4.69, 9.17) is 0 Å². The van der Waals surface area contributed by atoms with Gasteiger partial charge in [0, 0.05) is 18.8 Å². The number of thioether (sulfide) groups is 1. The molecule has 0 atom stereocenters. The van der Waals surface area contributed by atoms with Crippen LogP contribution in [0.4, 0.5) is 20.4 Å². The summed E-state index contributed by atoms with van der Waals surface area (Å²) in [5.41, 5.74) is 2.60. The maximum absolute atomic E-state index is 12.5. The van der Waals surface area contributed by atoms with Crippen LogP contribution in [0.2, 0.25) is 0 Å². The highest BCUT2D eigenvalue weighted by atomic mass is 32.2. The van der Waals surface area contributed by atoms with Gasteiger partial charge in [-0.2, -0.15) is 8.78 Å². The zero-order valence-corrected chi connectivity index (χ0v) is 18.3. The summed E-state index contributed by atoms with van der Waals surface area (Å²) in [5.74, 6) is 0.704. The van der Waals surface area contributed by atoms with Crippen molar-refractivity contribution in [1.82, 2.24) is 14.8 Å². The highest BCUT2D eigenvalue weighted by Gasteiger charge is 2.23. The van der Waals surface area contributed by atoms with Crippen LogP contribution in [0.5, 0.6) is 5.75 Å². The Morgan fingerprint density at radius 1 is 1.09 bits per heavy atom. The van der Waals surface area contributed by atoms with Crippen molar-refractivity contribution in [2.45, 2.75) is 31.5 Å². The summed E-state index contributed by atoms with van der Waals surface area (Å²) in [7, 11) is 0. The molecular formula is C22H23F2N5O2S. The zero-order chi connectivity index (χ0) is 22.5. The molecule has 1 N–H and O–H groups in total. The zero-order valence-electron chi connectivity index (χ0n) is 17.5. The van der Waals surface area contributed by atoms with Gasteiger partial charge in [0.05, 0.1) is 11.4 Å². The van der Waals surface area contributed by atoms with Gasteiger partial charge in [0.15, 0.2) is 5.16 Å². The minimum atomic E-state index is -2.89. The number of aryl methyl sites for hydroxylation is 1. The molecule has 0 saturated carbocycles. The number of amides is 1. The van der Waals surface area contributed by atoms with E-state index in [0.717, 1.165) is 43.1 Å².